The van der Waals surface area contributed by atoms with Crippen LogP contribution in [0, 0.1) is 0 Å². The molecule has 8 nitrogen and oxygen atoms in total. The van der Waals surface area contributed by atoms with E-state index in [-0.39, 0.29) is 23.7 Å². The van der Waals surface area contributed by atoms with E-state index in [1.807, 2.05) is 60.7 Å². The lowest BCUT2D eigenvalue weighted by atomic mass is 10.2. The topological polar surface area (TPSA) is 111 Å². The SMILES string of the molecule is CS(=O)(=O)c1ccc(C(=O)NC(COCc2ccccc2)C(=O)Nc2ccc(Oc3ccccc3)cc2)cc1. The summed E-state index contributed by atoms with van der Waals surface area (Å²) >= 11 is 0. The smallest absolute Gasteiger partial charge is 0.251 e. The molecule has 2 amide bonds. The van der Waals surface area contributed by atoms with E-state index in [2.05, 4.69) is 10.6 Å². The summed E-state index contributed by atoms with van der Waals surface area (Å²) in [6.45, 7) is 0.179. The summed E-state index contributed by atoms with van der Waals surface area (Å²) in [4.78, 5) is 26.2. The van der Waals surface area contributed by atoms with Crippen LogP contribution in [0.2, 0.25) is 0 Å². The number of rotatable bonds is 11. The highest BCUT2D eigenvalue weighted by atomic mass is 32.2. The van der Waals surface area contributed by atoms with Crippen molar-refractivity contribution in [3.8, 4) is 11.5 Å². The van der Waals surface area contributed by atoms with Gasteiger partial charge < -0.3 is 20.1 Å². The van der Waals surface area contributed by atoms with Crippen LogP contribution < -0.4 is 15.4 Å². The average molecular weight is 545 g/mol. The number of sulfone groups is 1. The van der Waals surface area contributed by atoms with Gasteiger partial charge in [0.15, 0.2) is 9.84 Å². The molecular formula is C30H28N2O6S. The third-order valence-electron chi connectivity index (χ3n) is 5.66. The Morgan fingerprint density at radius 1 is 0.769 bits per heavy atom. The normalized spacial score (nSPS) is 11.8. The first-order valence-corrected chi connectivity index (χ1v) is 14.0. The monoisotopic (exact) mass is 544 g/mol. The van der Waals surface area contributed by atoms with Crippen molar-refractivity contribution in [1.82, 2.24) is 5.32 Å². The maximum absolute atomic E-state index is 13.2. The number of carbonyl (C=O) groups excluding carboxylic acids is 2. The maximum Gasteiger partial charge on any atom is 0.251 e. The van der Waals surface area contributed by atoms with Gasteiger partial charge in [-0.3, -0.25) is 9.59 Å². The number of anilines is 1. The van der Waals surface area contributed by atoms with Crippen LogP contribution in [-0.2, 0) is 26.0 Å². The van der Waals surface area contributed by atoms with Gasteiger partial charge in [0.1, 0.15) is 17.5 Å². The van der Waals surface area contributed by atoms with Crippen LogP contribution in [0.4, 0.5) is 5.69 Å². The van der Waals surface area contributed by atoms with E-state index in [1.165, 1.54) is 24.3 Å². The van der Waals surface area contributed by atoms with Gasteiger partial charge >= 0.3 is 0 Å². The molecule has 4 rings (SSSR count). The minimum Gasteiger partial charge on any atom is -0.457 e. The van der Waals surface area contributed by atoms with Crippen LogP contribution in [0.3, 0.4) is 0 Å². The second kappa shape index (κ2) is 12.9. The molecule has 1 unspecified atom stereocenters. The molecule has 0 radical (unpaired) electrons. The number of hydrogen-bond acceptors (Lipinski definition) is 6. The Morgan fingerprint density at radius 2 is 1.36 bits per heavy atom. The lowest BCUT2D eigenvalue weighted by Crippen LogP contribution is -2.46. The Morgan fingerprint density at radius 3 is 1.97 bits per heavy atom. The van der Waals surface area contributed by atoms with Crippen molar-refractivity contribution in [3.05, 3.63) is 120 Å². The molecule has 2 N–H and O–H groups in total. The Hall–Kier alpha value is -4.47. The number of benzene rings is 4. The molecule has 0 aromatic heterocycles. The zero-order chi connectivity index (χ0) is 27.7. The molecule has 200 valence electrons. The molecule has 0 heterocycles. The highest BCUT2D eigenvalue weighted by Gasteiger charge is 2.22. The minimum absolute atomic E-state index is 0.0803. The van der Waals surface area contributed by atoms with Gasteiger partial charge in [0, 0.05) is 17.5 Å². The van der Waals surface area contributed by atoms with Crippen molar-refractivity contribution >= 4 is 27.3 Å². The highest BCUT2D eigenvalue weighted by molar-refractivity contribution is 7.90. The standard InChI is InChI=1S/C30H28N2O6S/c1-39(35,36)27-18-12-23(13-19-27)29(33)32-28(21-37-20-22-8-4-2-5-9-22)30(34)31-24-14-16-26(17-15-24)38-25-10-6-3-7-11-25/h2-19,28H,20-21H2,1H3,(H,31,34)(H,32,33). The first-order valence-electron chi connectivity index (χ1n) is 12.1. The van der Waals surface area contributed by atoms with E-state index >= 15 is 0 Å². The molecule has 0 bridgehead atoms. The Bertz CT molecular complexity index is 1490. The third kappa shape index (κ3) is 8.26. The predicted molar refractivity (Wildman–Crippen MR) is 148 cm³/mol. The molecule has 0 saturated carbocycles. The Balaban J connectivity index is 1.43. The number of hydrogen-bond donors (Lipinski definition) is 2. The van der Waals surface area contributed by atoms with Crippen LogP contribution in [0.25, 0.3) is 0 Å². The largest absolute Gasteiger partial charge is 0.457 e. The summed E-state index contributed by atoms with van der Waals surface area (Å²) in [5.74, 6) is 0.288. The second-order valence-electron chi connectivity index (χ2n) is 8.75. The highest BCUT2D eigenvalue weighted by Crippen LogP contribution is 2.22. The van der Waals surface area contributed by atoms with Crippen molar-refractivity contribution < 1.29 is 27.5 Å². The fourth-order valence-corrected chi connectivity index (χ4v) is 4.24. The average Bonchev–Trinajstić information content (AvgIpc) is 2.94. The van der Waals surface area contributed by atoms with Crippen molar-refractivity contribution in [3.63, 3.8) is 0 Å². The zero-order valence-corrected chi connectivity index (χ0v) is 22.1. The summed E-state index contributed by atoms with van der Waals surface area (Å²) < 4.78 is 35.0. The van der Waals surface area contributed by atoms with Crippen LogP contribution in [0.15, 0.2) is 114 Å². The molecule has 9 heteroatoms. The van der Waals surface area contributed by atoms with Crippen molar-refractivity contribution in [2.75, 3.05) is 18.2 Å². The quantitative estimate of drug-likeness (QED) is 0.280. The molecule has 4 aromatic carbocycles. The Kier molecular flexibility index (Phi) is 9.09. The summed E-state index contributed by atoms with van der Waals surface area (Å²) in [6.07, 6.45) is 1.09. The van der Waals surface area contributed by atoms with E-state index in [1.54, 1.807) is 24.3 Å². The molecule has 0 aliphatic carbocycles. The zero-order valence-electron chi connectivity index (χ0n) is 21.2. The van der Waals surface area contributed by atoms with Gasteiger partial charge in [-0.2, -0.15) is 0 Å². The van der Waals surface area contributed by atoms with Crippen molar-refractivity contribution in [1.29, 1.82) is 0 Å². The van der Waals surface area contributed by atoms with Crippen LogP contribution in [0.1, 0.15) is 15.9 Å². The number of nitrogens with one attached hydrogen (secondary N) is 2. The van der Waals surface area contributed by atoms with Crippen molar-refractivity contribution in [2.24, 2.45) is 0 Å². The number of ether oxygens (including phenoxy) is 2. The van der Waals surface area contributed by atoms with Gasteiger partial charge in [0.25, 0.3) is 5.91 Å². The maximum atomic E-state index is 13.2. The molecule has 4 aromatic rings. The summed E-state index contributed by atoms with van der Waals surface area (Å²) in [5.41, 5.74) is 1.65. The summed E-state index contributed by atoms with van der Waals surface area (Å²) in [5, 5.41) is 5.49. The fraction of sp³-hybridized carbons (Fsp3) is 0.133. The molecule has 0 saturated heterocycles. The first kappa shape index (κ1) is 27.6. The van der Waals surface area contributed by atoms with Gasteiger partial charge in [0.05, 0.1) is 18.1 Å². The second-order valence-corrected chi connectivity index (χ2v) is 10.8. The molecule has 0 fully saturated rings. The lowest BCUT2D eigenvalue weighted by molar-refractivity contribution is -0.119. The number of amides is 2. The van der Waals surface area contributed by atoms with E-state index in [0.717, 1.165) is 11.8 Å². The third-order valence-corrected chi connectivity index (χ3v) is 6.79. The van der Waals surface area contributed by atoms with Gasteiger partial charge in [-0.15, -0.1) is 0 Å². The molecule has 1 atom stereocenters. The van der Waals surface area contributed by atoms with Crippen LogP contribution in [0.5, 0.6) is 11.5 Å². The van der Waals surface area contributed by atoms with Gasteiger partial charge in [-0.1, -0.05) is 48.5 Å². The van der Waals surface area contributed by atoms with E-state index in [0.29, 0.717) is 17.2 Å². The van der Waals surface area contributed by atoms with E-state index < -0.39 is 27.7 Å². The predicted octanol–water partition coefficient (Wildman–Crippen LogP) is 4.84. The van der Waals surface area contributed by atoms with Crippen LogP contribution >= 0.6 is 0 Å². The fourth-order valence-electron chi connectivity index (χ4n) is 3.61. The van der Waals surface area contributed by atoms with Crippen LogP contribution in [-0.4, -0.2) is 39.1 Å². The van der Waals surface area contributed by atoms with Gasteiger partial charge in [-0.25, -0.2) is 8.42 Å². The minimum atomic E-state index is -3.40. The summed E-state index contributed by atoms with van der Waals surface area (Å²) in [6, 6.07) is 30.1. The van der Waals surface area contributed by atoms with Gasteiger partial charge in [-0.05, 0) is 66.2 Å². The molecule has 0 spiro atoms. The molecule has 0 aliphatic rings. The lowest BCUT2D eigenvalue weighted by Gasteiger charge is -2.19. The van der Waals surface area contributed by atoms with Gasteiger partial charge in [0.2, 0.25) is 5.91 Å². The van der Waals surface area contributed by atoms with Crippen molar-refractivity contribution in [2.45, 2.75) is 17.5 Å². The first-order chi connectivity index (χ1) is 18.8. The molecule has 0 aliphatic heterocycles. The summed E-state index contributed by atoms with van der Waals surface area (Å²) in [7, 11) is -3.40. The number of para-hydroxylation sites is 1. The molecular weight excluding hydrogens is 516 g/mol. The Labute approximate surface area is 227 Å². The number of carbonyl (C=O) groups is 2. The molecule has 39 heavy (non-hydrogen) atoms. The van der Waals surface area contributed by atoms with E-state index in [4.69, 9.17) is 9.47 Å². The van der Waals surface area contributed by atoms with E-state index in [9.17, 15) is 18.0 Å².